The van der Waals surface area contributed by atoms with Crippen molar-refractivity contribution in [1.29, 1.82) is 0 Å². The minimum Gasteiger partial charge on any atom is -0.465 e. The van der Waals surface area contributed by atoms with Crippen LogP contribution in [0.5, 0.6) is 0 Å². The Bertz CT molecular complexity index is 1640. The van der Waals surface area contributed by atoms with Gasteiger partial charge in [-0.1, -0.05) is 0 Å². The largest absolute Gasteiger partial charge is 0.465 e. The van der Waals surface area contributed by atoms with Crippen molar-refractivity contribution in [1.82, 2.24) is 24.3 Å². The summed E-state index contributed by atoms with van der Waals surface area (Å²) in [5.74, 6) is -1.77. The first kappa shape index (κ1) is 26.9. The average Bonchev–Trinajstić information content (AvgIpc) is 3.47. The summed E-state index contributed by atoms with van der Waals surface area (Å²) >= 11 is 0. The first-order chi connectivity index (χ1) is 19.7. The Morgan fingerprint density at radius 1 is 1.24 bits per heavy atom. The van der Waals surface area contributed by atoms with Crippen LogP contribution in [0.3, 0.4) is 0 Å². The molecule has 214 valence electrons. The molecule has 0 spiro atoms. The molecule has 0 radical (unpaired) electrons. The van der Waals surface area contributed by atoms with Crippen molar-refractivity contribution in [2.75, 3.05) is 26.3 Å². The molecule has 41 heavy (non-hydrogen) atoms. The van der Waals surface area contributed by atoms with Gasteiger partial charge >= 0.3 is 12.1 Å². The van der Waals surface area contributed by atoms with Gasteiger partial charge < -0.3 is 28.9 Å². The summed E-state index contributed by atoms with van der Waals surface area (Å²) in [6.07, 6.45) is 3.15. The summed E-state index contributed by atoms with van der Waals surface area (Å²) in [6, 6.07) is 6.05. The number of amides is 1. The summed E-state index contributed by atoms with van der Waals surface area (Å²) in [5.41, 5.74) is 1.70. The highest BCUT2D eigenvalue weighted by Crippen LogP contribution is 2.49. The van der Waals surface area contributed by atoms with Gasteiger partial charge in [0.25, 0.3) is 0 Å². The van der Waals surface area contributed by atoms with E-state index in [2.05, 4.69) is 15.0 Å². The third-order valence-corrected chi connectivity index (χ3v) is 7.77. The number of H-pyrrole nitrogens is 1. The number of pyridine rings is 1. The third kappa shape index (κ3) is 4.82. The number of rotatable bonds is 7. The molecule has 1 amide bonds. The fraction of sp³-hybridized carbons (Fsp3) is 0.379. The molecule has 1 saturated carbocycles. The number of imidazole rings is 2. The molecule has 1 aliphatic carbocycles. The van der Waals surface area contributed by atoms with Crippen molar-refractivity contribution in [2.45, 2.75) is 44.6 Å². The predicted molar refractivity (Wildman–Crippen MR) is 143 cm³/mol. The number of aryl methyl sites for hydroxylation is 1. The van der Waals surface area contributed by atoms with Gasteiger partial charge in [-0.15, -0.1) is 0 Å². The van der Waals surface area contributed by atoms with Crippen molar-refractivity contribution in [2.24, 2.45) is 0 Å². The monoisotopic (exact) mass is 565 g/mol. The lowest BCUT2D eigenvalue weighted by molar-refractivity contribution is -0.146. The summed E-state index contributed by atoms with van der Waals surface area (Å²) in [5, 5.41) is 9.43. The fourth-order valence-electron chi connectivity index (χ4n) is 5.45. The topological polar surface area (TPSA) is 122 Å². The number of esters is 1. The SMILES string of the molecule is CCOC(=O)C1(c2cnc(-c3cc(F)c(-c4nc5cc(C)ccn5c4C[C@H]4CN(C(=O)O)CCO4)c(F)c3)[nH]2)CC1. The Morgan fingerprint density at radius 3 is 2.68 bits per heavy atom. The molecular formula is C29H29F2N5O5. The Balaban J connectivity index is 1.37. The summed E-state index contributed by atoms with van der Waals surface area (Å²) in [4.78, 5) is 37.2. The van der Waals surface area contributed by atoms with Crippen molar-refractivity contribution < 1.29 is 33.0 Å². The van der Waals surface area contributed by atoms with Gasteiger partial charge in [0.15, 0.2) is 0 Å². The molecule has 2 aliphatic rings. The number of aromatic amines is 1. The molecule has 1 saturated heterocycles. The van der Waals surface area contributed by atoms with Crippen LogP contribution in [-0.2, 0) is 26.1 Å². The standard InChI is InChI=1S/C29H29F2N5O5/c1-3-40-27(37)29(5-6-29)22-14-32-26(33-22)17-11-19(30)24(20(31)12-17)25-21(36-7-4-16(2)10-23(36)34-25)13-18-15-35(28(38)39)8-9-41-18/h4,7,10-12,14,18H,3,5-6,8-9,13,15H2,1-2H3,(H,32,33)(H,38,39)/t18-/m0/s1. The summed E-state index contributed by atoms with van der Waals surface area (Å²) < 4.78 is 44.3. The quantitative estimate of drug-likeness (QED) is 0.317. The van der Waals surface area contributed by atoms with Crippen LogP contribution in [-0.4, -0.2) is 73.8 Å². The lowest BCUT2D eigenvalue weighted by Gasteiger charge is -2.31. The molecule has 0 bridgehead atoms. The van der Waals surface area contributed by atoms with E-state index in [1.54, 1.807) is 17.5 Å². The number of ether oxygens (including phenoxy) is 2. The van der Waals surface area contributed by atoms with Crippen LogP contribution < -0.4 is 0 Å². The number of morpholine rings is 1. The second kappa shape index (κ2) is 10.3. The normalized spacial score (nSPS) is 18.0. The molecule has 0 unspecified atom stereocenters. The van der Waals surface area contributed by atoms with Crippen LogP contribution in [0.15, 0.2) is 36.7 Å². The van der Waals surface area contributed by atoms with Crippen LogP contribution >= 0.6 is 0 Å². The molecule has 6 rings (SSSR count). The van der Waals surface area contributed by atoms with Gasteiger partial charge in [0.05, 0.1) is 48.5 Å². The fourth-order valence-corrected chi connectivity index (χ4v) is 5.45. The number of halogens is 2. The molecule has 2 N–H and O–H groups in total. The lowest BCUT2D eigenvalue weighted by Crippen LogP contribution is -2.45. The van der Waals surface area contributed by atoms with Crippen LogP contribution in [0, 0.1) is 18.6 Å². The van der Waals surface area contributed by atoms with Gasteiger partial charge in [-0.25, -0.2) is 23.5 Å². The second-order valence-electron chi connectivity index (χ2n) is 10.5. The second-order valence-corrected chi connectivity index (χ2v) is 10.5. The number of carbonyl (C=O) groups is 2. The molecule has 2 fully saturated rings. The zero-order valence-electron chi connectivity index (χ0n) is 22.6. The Morgan fingerprint density at radius 2 is 2.00 bits per heavy atom. The smallest absolute Gasteiger partial charge is 0.407 e. The third-order valence-electron chi connectivity index (χ3n) is 7.77. The molecule has 10 nitrogen and oxygen atoms in total. The van der Waals surface area contributed by atoms with Gasteiger partial charge in [-0.3, -0.25) is 4.79 Å². The van der Waals surface area contributed by atoms with Gasteiger partial charge in [0.1, 0.15) is 28.5 Å². The molecule has 4 aromatic rings. The van der Waals surface area contributed by atoms with Crippen molar-refractivity contribution in [3.05, 3.63) is 65.2 Å². The van der Waals surface area contributed by atoms with Crippen molar-refractivity contribution in [3.63, 3.8) is 0 Å². The van der Waals surface area contributed by atoms with Gasteiger partial charge in [-0.2, -0.15) is 0 Å². The number of aromatic nitrogens is 4. The van der Waals surface area contributed by atoms with Crippen LogP contribution in [0.4, 0.5) is 13.6 Å². The minimum absolute atomic E-state index is 0.118. The van der Waals surface area contributed by atoms with E-state index in [1.807, 2.05) is 19.1 Å². The average molecular weight is 566 g/mol. The predicted octanol–water partition coefficient (Wildman–Crippen LogP) is 4.49. The summed E-state index contributed by atoms with van der Waals surface area (Å²) in [6.45, 7) is 4.50. The minimum atomic E-state index is -1.05. The van der Waals surface area contributed by atoms with E-state index in [4.69, 9.17) is 9.47 Å². The maximum atomic E-state index is 15.8. The number of hydrogen-bond donors (Lipinski definition) is 2. The van der Waals surface area contributed by atoms with E-state index in [1.165, 1.54) is 23.2 Å². The van der Waals surface area contributed by atoms with E-state index < -0.39 is 29.2 Å². The molecule has 1 atom stereocenters. The maximum absolute atomic E-state index is 15.8. The Kier molecular flexibility index (Phi) is 6.72. The van der Waals surface area contributed by atoms with Crippen LogP contribution in [0.25, 0.3) is 28.3 Å². The lowest BCUT2D eigenvalue weighted by atomic mass is 10.0. The van der Waals surface area contributed by atoms with Gasteiger partial charge in [0, 0.05) is 30.9 Å². The highest BCUT2D eigenvalue weighted by atomic mass is 19.1. The molecular weight excluding hydrogens is 536 g/mol. The van der Waals surface area contributed by atoms with Crippen molar-refractivity contribution in [3.8, 4) is 22.6 Å². The number of nitrogens with one attached hydrogen (secondary N) is 1. The van der Waals surface area contributed by atoms with Crippen LogP contribution in [0.1, 0.15) is 36.7 Å². The maximum Gasteiger partial charge on any atom is 0.407 e. The Hall–Kier alpha value is -4.32. The van der Waals surface area contributed by atoms with Gasteiger partial charge in [-0.05, 0) is 56.5 Å². The number of hydrogen-bond acceptors (Lipinski definition) is 6. The molecule has 1 aromatic carbocycles. The first-order valence-corrected chi connectivity index (χ1v) is 13.5. The zero-order chi connectivity index (χ0) is 28.9. The highest BCUT2D eigenvalue weighted by Gasteiger charge is 2.54. The molecule has 12 heteroatoms. The van der Waals surface area contributed by atoms with E-state index in [0.29, 0.717) is 29.9 Å². The Labute approximate surface area is 233 Å². The molecule has 4 heterocycles. The van der Waals surface area contributed by atoms with E-state index >= 15 is 8.78 Å². The number of fused-ring (bicyclic) bond motifs is 1. The van der Waals surface area contributed by atoms with E-state index in [9.17, 15) is 14.7 Å². The van der Waals surface area contributed by atoms with E-state index in [-0.39, 0.29) is 61.3 Å². The molecule has 1 aliphatic heterocycles. The number of benzene rings is 1. The number of nitrogens with zero attached hydrogens (tertiary/aromatic N) is 4. The first-order valence-electron chi connectivity index (χ1n) is 13.5. The number of carbonyl (C=O) groups excluding carboxylic acids is 1. The molecule has 3 aromatic heterocycles. The van der Waals surface area contributed by atoms with Crippen LogP contribution in [0.2, 0.25) is 0 Å². The zero-order valence-corrected chi connectivity index (χ0v) is 22.6. The summed E-state index contributed by atoms with van der Waals surface area (Å²) in [7, 11) is 0. The van der Waals surface area contributed by atoms with Crippen molar-refractivity contribution >= 4 is 17.7 Å². The van der Waals surface area contributed by atoms with Gasteiger partial charge in [0.2, 0.25) is 0 Å². The number of carboxylic acid groups (broad SMARTS) is 1. The highest BCUT2D eigenvalue weighted by molar-refractivity contribution is 5.86. The van der Waals surface area contributed by atoms with E-state index in [0.717, 1.165) is 5.56 Å².